The first kappa shape index (κ1) is 15.8. The predicted octanol–water partition coefficient (Wildman–Crippen LogP) is -0.685. The van der Waals surface area contributed by atoms with Crippen LogP contribution in [0.2, 0.25) is 0 Å². The van der Waals surface area contributed by atoms with Crippen molar-refractivity contribution >= 4 is 19.9 Å². The number of nitrogens with one attached hydrogen (secondary N) is 1. The van der Waals surface area contributed by atoms with Gasteiger partial charge in [0.1, 0.15) is 0 Å². The van der Waals surface area contributed by atoms with Crippen LogP contribution in [0, 0.1) is 5.92 Å². The third-order valence-corrected chi connectivity index (χ3v) is 5.34. The normalized spacial score (nSPS) is 15.3. The summed E-state index contributed by atoms with van der Waals surface area (Å²) in [5.41, 5.74) is 0. The molecular formula is C8H19NO5S2. The minimum atomic E-state index is -3.89. The van der Waals surface area contributed by atoms with Gasteiger partial charge < -0.3 is 5.11 Å². The van der Waals surface area contributed by atoms with Crippen molar-refractivity contribution in [3.8, 4) is 0 Å². The Hall–Kier alpha value is -0.180. The molecule has 1 unspecified atom stereocenters. The van der Waals surface area contributed by atoms with E-state index < -0.39 is 31.0 Å². The summed E-state index contributed by atoms with van der Waals surface area (Å²) in [4.78, 5) is 0. The Morgan fingerprint density at radius 2 is 1.69 bits per heavy atom. The molecule has 0 aliphatic rings. The minimum absolute atomic E-state index is 0.207. The highest BCUT2D eigenvalue weighted by Crippen LogP contribution is 2.06. The van der Waals surface area contributed by atoms with Gasteiger partial charge in [-0.2, -0.15) is 0 Å². The van der Waals surface area contributed by atoms with Gasteiger partial charge in [0, 0.05) is 12.3 Å². The van der Waals surface area contributed by atoms with Crippen LogP contribution in [0.15, 0.2) is 0 Å². The number of aliphatic hydroxyl groups is 1. The first-order valence-corrected chi connectivity index (χ1v) is 8.55. The van der Waals surface area contributed by atoms with Crippen LogP contribution in [0.25, 0.3) is 0 Å². The number of rotatable bonds is 7. The van der Waals surface area contributed by atoms with Gasteiger partial charge >= 0.3 is 0 Å². The highest BCUT2D eigenvalue weighted by molar-refractivity contribution is 8.06. The molecule has 0 aliphatic heterocycles. The Kier molecular flexibility index (Phi) is 5.88. The molecule has 0 aromatic carbocycles. The van der Waals surface area contributed by atoms with E-state index in [4.69, 9.17) is 5.11 Å². The van der Waals surface area contributed by atoms with Gasteiger partial charge in [-0.1, -0.05) is 13.8 Å². The Morgan fingerprint density at radius 3 is 2.00 bits per heavy atom. The summed E-state index contributed by atoms with van der Waals surface area (Å²) in [5, 5.41) is 8.01. The summed E-state index contributed by atoms with van der Waals surface area (Å²) >= 11 is 0. The molecule has 0 fully saturated rings. The van der Waals surface area contributed by atoms with Crippen molar-refractivity contribution in [3.05, 3.63) is 0 Å². The average Bonchev–Trinajstić information content (AvgIpc) is 1.96. The van der Waals surface area contributed by atoms with Crippen LogP contribution in [0.4, 0.5) is 0 Å². The van der Waals surface area contributed by atoms with Crippen LogP contribution in [0.3, 0.4) is 0 Å². The van der Waals surface area contributed by atoms with Crippen LogP contribution in [0.1, 0.15) is 20.3 Å². The third-order valence-electron chi connectivity index (χ3n) is 1.69. The molecule has 98 valence electrons. The lowest BCUT2D eigenvalue weighted by atomic mass is 10.1. The lowest BCUT2D eigenvalue weighted by Crippen LogP contribution is -2.40. The van der Waals surface area contributed by atoms with Gasteiger partial charge in [0.15, 0.2) is 14.9 Å². The maximum atomic E-state index is 11.4. The van der Waals surface area contributed by atoms with Crippen LogP contribution in [-0.4, -0.2) is 45.9 Å². The smallest absolute Gasteiger partial charge is 0.226 e. The number of hydrogen-bond donors (Lipinski definition) is 2. The fraction of sp³-hybridized carbons (Fsp3) is 1.00. The zero-order valence-corrected chi connectivity index (χ0v) is 11.3. The lowest BCUT2D eigenvalue weighted by molar-refractivity contribution is 0.240. The van der Waals surface area contributed by atoms with Gasteiger partial charge in [-0.05, 0) is 12.3 Å². The monoisotopic (exact) mass is 273 g/mol. The van der Waals surface area contributed by atoms with E-state index in [1.54, 1.807) is 0 Å². The van der Waals surface area contributed by atoms with Crippen LogP contribution >= 0.6 is 0 Å². The maximum Gasteiger partial charge on any atom is 0.226 e. The van der Waals surface area contributed by atoms with Crippen LogP contribution in [-0.2, 0) is 19.9 Å². The molecular weight excluding hydrogens is 254 g/mol. The topological polar surface area (TPSA) is 101 Å². The van der Waals surface area contributed by atoms with Gasteiger partial charge in [0.05, 0.1) is 6.61 Å². The summed E-state index contributed by atoms with van der Waals surface area (Å²) < 4.78 is 46.7. The summed E-state index contributed by atoms with van der Waals surface area (Å²) in [5.74, 6) is 0.207. The van der Waals surface area contributed by atoms with Crippen molar-refractivity contribution in [3.63, 3.8) is 0 Å². The second-order valence-corrected chi connectivity index (χ2v) is 8.54. The van der Waals surface area contributed by atoms with E-state index in [1.165, 1.54) is 0 Å². The van der Waals surface area contributed by atoms with Gasteiger partial charge in [-0.15, -0.1) is 0 Å². The van der Waals surface area contributed by atoms with Crippen molar-refractivity contribution in [2.24, 2.45) is 5.92 Å². The maximum absolute atomic E-state index is 11.4. The SMILES string of the molecule is CC(C)CC(CO)NS(=O)(=O)CS(C)(=O)=O. The van der Waals surface area contributed by atoms with Crippen molar-refractivity contribution < 1.29 is 21.9 Å². The second kappa shape index (κ2) is 5.95. The molecule has 0 bridgehead atoms. The number of sulfone groups is 1. The molecule has 0 aliphatic carbocycles. The molecule has 6 nitrogen and oxygen atoms in total. The number of sulfonamides is 1. The second-order valence-electron chi connectivity index (χ2n) is 4.29. The Balaban J connectivity index is 4.56. The summed E-state index contributed by atoms with van der Waals surface area (Å²) in [6.07, 6.45) is 1.31. The van der Waals surface area contributed by atoms with Gasteiger partial charge in [-0.25, -0.2) is 21.6 Å². The van der Waals surface area contributed by atoms with E-state index in [0.29, 0.717) is 6.42 Å². The molecule has 16 heavy (non-hydrogen) atoms. The van der Waals surface area contributed by atoms with E-state index >= 15 is 0 Å². The van der Waals surface area contributed by atoms with E-state index in [9.17, 15) is 16.8 Å². The fourth-order valence-electron chi connectivity index (χ4n) is 1.30. The molecule has 0 saturated heterocycles. The molecule has 0 aromatic rings. The highest BCUT2D eigenvalue weighted by atomic mass is 32.3. The van der Waals surface area contributed by atoms with E-state index in [0.717, 1.165) is 6.26 Å². The first-order chi connectivity index (χ1) is 7.06. The molecule has 0 spiro atoms. The van der Waals surface area contributed by atoms with E-state index in [2.05, 4.69) is 4.72 Å². The van der Waals surface area contributed by atoms with Crippen molar-refractivity contribution in [1.82, 2.24) is 4.72 Å². The summed E-state index contributed by atoms with van der Waals surface area (Å²) in [6.45, 7) is 3.42. The lowest BCUT2D eigenvalue weighted by Gasteiger charge is -2.17. The molecule has 0 radical (unpaired) electrons. The molecule has 2 N–H and O–H groups in total. The van der Waals surface area contributed by atoms with Crippen LogP contribution in [0.5, 0.6) is 0 Å². The third kappa shape index (κ3) is 8.03. The minimum Gasteiger partial charge on any atom is -0.395 e. The standard InChI is InChI=1S/C8H19NO5S2/c1-7(2)4-8(5-10)9-16(13,14)6-15(3,11)12/h7-10H,4-6H2,1-3H3. The molecule has 0 amide bonds. The summed E-state index contributed by atoms with van der Waals surface area (Å²) in [7, 11) is -7.49. The Labute approximate surface area is 97.0 Å². The number of aliphatic hydroxyl groups excluding tert-OH is 1. The molecule has 8 heteroatoms. The average molecular weight is 273 g/mol. The van der Waals surface area contributed by atoms with Crippen molar-refractivity contribution in [2.75, 3.05) is 17.9 Å². The highest BCUT2D eigenvalue weighted by Gasteiger charge is 2.22. The van der Waals surface area contributed by atoms with E-state index in [-0.39, 0.29) is 12.5 Å². The van der Waals surface area contributed by atoms with Gasteiger partial charge in [0.25, 0.3) is 0 Å². The molecule has 1 atom stereocenters. The van der Waals surface area contributed by atoms with Gasteiger partial charge in [-0.3, -0.25) is 0 Å². The van der Waals surface area contributed by atoms with Crippen LogP contribution < -0.4 is 4.72 Å². The zero-order valence-electron chi connectivity index (χ0n) is 9.67. The van der Waals surface area contributed by atoms with Crippen molar-refractivity contribution in [2.45, 2.75) is 26.3 Å². The number of hydrogen-bond acceptors (Lipinski definition) is 5. The molecule has 0 saturated carbocycles. The predicted molar refractivity (Wildman–Crippen MR) is 62.1 cm³/mol. The Bertz CT molecular complexity index is 398. The summed E-state index contributed by atoms with van der Waals surface area (Å²) in [6, 6.07) is -0.633. The zero-order chi connectivity index (χ0) is 13.0. The molecule has 0 heterocycles. The quantitative estimate of drug-likeness (QED) is 0.640. The molecule has 0 aromatic heterocycles. The first-order valence-electron chi connectivity index (χ1n) is 4.84. The van der Waals surface area contributed by atoms with Gasteiger partial charge in [0.2, 0.25) is 10.0 Å². The fourth-order valence-corrected chi connectivity index (χ4v) is 4.50. The van der Waals surface area contributed by atoms with E-state index in [1.807, 2.05) is 13.8 Å². The largest absolute Gasteiger partial charge is 0.395 e. The molecule has 0 rings (SSSR count). The Morgan fingerprint density at radius 1 is 1.19 bits per heavy atom. The van der Waals surface area contributed by atoms with Crippen molar-refractivity contribution in [1.29, 1.82) is 0 Å².